The molecular formula is C23H24N2O2. The Morgan fingerprint density at radius 1 is 0.704 bits per heavy atom. The molecule has 2 bridgehead atoms. The van der Waals surface area contributed by atoms with Gasteiger partial charge in [-0.2, -0.15) is 0 Å². The maximum absolute atomic E-state index is 13.0. The molecule has 0 saturated heterocycles. The van der Waals surface area contributed by atoms with Crippen molar-refractivity contribution in [2.45, 2.75) is 20.3 Å². The highest BCUT2D eigenvalue weighted by Gasteiger charge is 2.51. The van der Waals surface area contributed by atoms with Crippen molar-refractivity contribution < 1.29 is 9.59 Å². The first kappa shape index (κ1) is 17.5. The quantitative estimate of drug-likeness (QED) is 0.798. The minimum Gasteiger partial charge on any atom is -0.326 e. The van der Waals surface area contributed by atoms with E-state index in [-0.39, 0.29) is 35.5 Å². The van der Waals surface area contributed by atoms with Crippen molar-refractivity contribution in [3.63, 3.8) is 0 Å². The summed E-state index contributed by atoms with van der Waals surface area (Å²) in [5.74, 6) is -0.526. The summed E-state index contributed by atoms with van der Waals surface area (Å²) in [6.07, 6.45) is 5.07. The van der Waals surface area contributed by atoms with Crippen molar-refractivity contribution in [3.8, 4) is 0 Å². The maximum Gasteiger partial charge on any atom is 0.228 e. The zero-order valence-corrected chi connectivity index (χ0v) is 15.6. The van der Waals surface area contributed by atoms with E-state index in [0.29, 0.717) is 0 Å². The fraction of sp³-hybridized carbons (Fsp3) is 0.304. The standard InChI is InChI=1S/C23H24N2O2/c1-14-3-9-18(10-4-14)24-22(26)20-16-7-8-17(13-16)21(20)23(27)25-19-11-5-15(2)6-12-19/h3-12,16-17,20-21H,13H2,1-2H3,(H,24,26)(H,25,27). The monoisotopic (exact) mass is 360 g/mol. The number of allylic oxidation sites excluding steroid dienone is 2. The Bertz CT molecular complexity index is 810. The van der Waals surface area contributed by atoms with Crippen LogP contribution < -0.4 is 10.6 Å². The highest BCUT2D eigenvalue weighted by atomic mass is 16.2. The molecule has 2 aliphatic rings. The van der Waals surface area contributed by atoms with Gasteiger partial charge in [0.2, 0.25) is 11.8 Å². The number of carbonyl (C=O) groups excluding carboxylic acids is 2. The molecule has 4 unspecified atom stereocenters. The topological polar surface area (TPSA) is 58.2 Å². The first-order chi connectivity index (χ1) is 13.0. The van der Waals surface area contributed by atoms with Gasteiger partial charge in [-0.3, -0.25) is 9.59 Å². The number of hydrogen-bond donors (Lipinski definition) is 2. The van der Waals surface area contributed by atoms with Gasteiger partial charge < -0.3 is 10.6 Å². The normalized spacial score (nSPS) is 25.4. The van der Waals surface area contributed by atoms with Gasteiger partial charge in [-0.05, 0) is 56.4 Å². The summed E-state index contributed by atoms with van der Waals surface area (Å²) < 4.78 is 0. The minimum atomic E-state index is -0.327. The minimum absolute atomic E-state index is 0.0697. The van der Waals surface area contributed by atoms with Gasteiger partial charge in [-0.25, -0.2) is 0 Å². The van der Waals surface area contributed by atoms with Gasteiger partial charge in [0.25, 0.3) is 0 Å². The number of amides is 2. The fourth-order valence-corrected chi connectivity index (χ4v) is 4.26. The number of nitrogens with one attached hydrogen (secondary N) is 2. The van der Waals surface area contributed by atoms with Crippen LogP contribution in [-0.2, 0) is 9.59 Å². The van der Waals surface area contributed by atoms with E-state index in [0.717, 1.165) is 28.9 Å². The van der Waals surface area contributed by atoms with Crippen molar-refractivity contribution in [1.29, 1.82) is 0 Å². The average molecular weight is 360 g/mol. The van der Waals surface area contributed by atoms with Crippen LogP contribution in [0.15, 0.2) is 60.7 Å². The third-order valence-corrected chi connectivity index (χ3v) is 5.70. The molecule has 1 fully saturated rings. The first-order valence-electron chi connectivity index (χ1n) is 9.44. The van der Waals surface area contributed by atoms with Crippen LogP contribution in [-0.4, -0.2) is 11.8 Å². The first-order valence-corrected chi connectivity index (χ1v) is 9.44. The second kappa shape index (κ2) is 7.03. The molecule has 2 amide bonds. The van der Waals surface area contributed by atoms with E-state index in [1.54, 1.807) is 0 Å². The second-order valence-corrected chi connectivity index (χ2v) is 7.71. The van der Waals surface area contributed by atoms with Crippen LogP contribution in [0.3, 0.4) is 0 Å². The van der Waals surface area contributed by atoms with Crippen molar-refractivity contribution in [1.82, 2.24) is 0 Å². The summed E-state index contributed by atoms with van der Waals surface area (Å²) in [5.41, 5.74) is 3.84. The Morgan fingerprint density at radius 3 is 1.44 bits per heavy atom. The molecule has 0 radical (unpaired) electrons. The molecular weight excluding hydrogens is 336 g/mol. The molecule has 4 heteroatoms. The van der Waals surface area contributed by atoms with E-state index < -0.39 is 0 Å². The van der Waals surface area contributed by atoms with Gasteiger partial charge >= 0.3 is 0 Å². The van der Waals surface area contributed by atoms with Crippen molar-refractivity contribution >= 4 is 23.2 Å². The molecule has 138 valence electrons. The van der Waals surface area contributed by atoms with E-state index in [1.807, 2.05) is 62.4 Å². The number of rotatable bonds is 4. The van der Waals surface area contributed by atoms with E-state index in [2.05, 4.69) is 22.8 Å². The van der Waals surface area contributed by atoms with Crippen molar-refractivity contribution in [2.24, 2.45) is 23.7 Å². The zero-order valence-electron chi connectivity index (χ0n) is 15.6. The molecule has 0 heterocycles. The van der Waals surface area contributed by atoms with Crippen LogP contribution in [0.1, 0.15) is 17.5 Å². The summed E-state index contributed by atoms with van der Waals surface area (Å²) in [5, 5.41) is 6.00. The summed E-state index contributed by atoms with van der Waals surface area (Å²) in [4.78, 5) is 26.0. The van der Waals surface area contributed by atoms with Crippen LogP contribution in [0.4, 0.5) is 11.4 Å². The molecule has 2 aromatic rings. The Kier molecular flexibility index (Phi) is 4.56. The van der Waals surface area contributed by atoms with E-state index in [1.165, 1.54) is 0 Å². The molecule has 27 heavy (non-hydrogen) atoms. The highest BCUT2D eigenvalue weighted by Crippen LogP contribution is 2.48. The Hall–Kier alpha value is -2.88. The zero-order chi connectivity index (χ0) is 19.0. The van der Waals surface area contributed by atoms with Crippen molar-refractivity contribution in [2.75, 3.05) is 10.6 Å². The maximum atomic E-state index is 13.0. The Labute approximate surface area is 159 Å². The predicted molar refractivity (Wildman–Crippen MR) is 107 cm³/mol. The molecule has 4 atom stereocenters. The van der Waals surface area contributed by atoms with Gasteiger partial charge in [0.1, 0.15) is 0 Å². The van der Waals surface area contributed by atoms with Crippen LogP contribution in [0.5, 0.6) is 0 Å². The smallest absolute Gasteiger partial charge is 0.228 e. The Balaban J connectivity index is 1.51. The number of carbonyl (C=O) groups is 2. The SMILES string of the molecule is Cc1ccc(NC(=O)C2C3C=CC(C3)C2C(=O)Nc2ccc(C)cc2)cc1. The molecule has 0 aliphatic heterocycles. The lowest BCUT2D eigenvalue weighted by Gasteiger charge is -2.26. The molecule has 2 N–H and O–H groups in total. The van der Waals surface area contributed by atoms with Crippen LogP contribution in [0.25, 0.3) is 0 Å². The average Bonchev–Trinajstić information content (AvgIpc) is 3.27. The number of anilines is 2. The van der Waals surface area contributed by atoms with Gasteiger partial charge in [-0.1, -0.05) is 47.5 Å². The second-order valence-electron chi connectivity index (χ2n) is 7.71. The number of benzene rings is 2. The van der Waals surface area contributed by atoms with Gasteiger partial charge in [-0.15, -0.1) is 0 Å². The number of hydrogen-bond acceptors (Lipinski definition) is 2. The third kappa shape index (κ3) is 3.52. The molecule has 4 nitrogen and oxygen atoms in total. The number of fused-ring (bicyclic) bond motifs is 2. The van der Waals surface area contributed by atoms with Gasteiger partial charge in [0.15, 0.2) is 0 Å². The van der Waals surface area contributed by atoms with Gasteiger partial charge in [0.05, 0.1) is 11.8 Å². The largest absolute Gasteiger partial charge is 0.326 e. The van der Waals surface area contributed by atoms with Gasteiger partial charge in [0, 0.05) is 11.4 Å². The molecule has 2 aromatic carbocycles. The molecule has 0 spiro atoms. The van der Waals surface area contributed by atoms with Crippen LogP contribution in [0, 0.1) is 37.5 Å². The molecule has 4 rings (SSSR count). The summed E-state index contributed by atoms with van der Waals surface area (Å²) in [6, 6.07) is 15.5. The van der Waals surface area contributed by atoms with Crippen LogP contribution in [0.2, 0.25) is 0 Å². The predicted octanol–water partition coefficient (Wildman–Crippen LogP) is 4.32. The highest BCUT2D eigenvalue weighted by molar-refractivity contribution is 6.01. The lowest BCUT2D eigenvalue weighted by molar-refractivity contribution is -0.129. The fourth-order valence-electron chi connectivity index (χ4n) is 4.26. The van der Waals surface area contributed by atoms with Crippen molar-refractivity contribution in [3.05, 3.63) is 71.8 Å². The van der Waals surface area contributed by atoms with E-state index >= 15 is 0 Å². The summed E-state index contributed by atoms with van der Waals surface area (Å²) >= 11 is 0. The lowest BCUT2D eigenvalue weighted by atomic mass is 9.81. The molecule has 0 aromatic heterocycles. The summed E-state index contributed by atoms with van der Waals surface area (Å²) in [7, 11) is 0. The van der Waals surface area contributed by atoms with Crippen LogP contribution >= 0.6 is 0 Å². The molecule has 2 aliphatic carbocycles. The Morgan fingerprint density at radius 2 is 1.07 bits per heavy atom. The summed E-state index contributed by atoms with van der Waals surface area (Å²) in [6.45, 7) is 4.02. The van der Waals surface area contributed by atoms with E-state index in [9.17, 15) is 9.59 Å². The third-order valence-electron chi connectivity index (χ3n) is 5.70. The number of aryl methyl sites for hydroxylation is 2. The molecule has 1 saturated carbocycles. The lowest BCUT2D eigenvalue weighted by Crippen LogP contribution is -2.39. The van der Waals surface area contributed by atoms with E-state index in [4.69, 9.17) is 0 Å².